The van der Waals surface area contributed by atoms with Crippen molar-refractivity contribution in [3.63, 3.8) is 0 Å². The minimum Gasteiger partial charge on any atom is -0.508 e. The van der Waals surface area contributed by atoms with E-state index >= 15 is 0 Å². The Kier molecular flexibility index (Phi) is 4.29. The monoisotopic (exact) mass is 230 g/mol. The summed E-state index contributed by atoms with van der Waals surface area (Å²) in [6.45, 7) is 3.65. The van der Waals surface area contributed by atoms with Gasteiger partial charge in [-0.05, 0) is 37.6 Å². The summed E-state index contributed by atoms with van der Waals surface area (Å²) in [5.41, 5.74) is 0.739. The summed E-state index contributed by atoms with van der Waals surface area (Å²) in [7, 11) is 0. The molecule has 0 saturated heterocycles. The van der Waals surface area contributed by atoms with Gasteiger partial charge in [0.25, 0.3) is 5.91 Å². The van der Waals surface area contributed by atoms with Crippen molar-refractivity contribution in [2.75, 3.05) is 0 Å². The van der Waals surface area contributed by atoms with Gasteiger partial charge in [-0.2, -0.15) is 5.26 Å². The Morgan fingerprint density at radius 3 is 2.47 bits per heavy atom. The van der Waals surface area contributed by atoms with Crippen molar-refractivity contribution in [2.45, 2.75) is 19.9 Å². The van der Waals surface area contributed by atoms with E-state index in [0.717, 1.165) is 0 Å². The average Bonchev–Trinajstić information content (AvgIpc) is 2.27. The van der Waals surface area contributed by atoms with E-state index in [-0.39, 0.29) is 17.4 Å². The van der Waals surface area contributed by atoms with Crippen molar-refractivity contribution >= 4 is 12.0 Å². The highest BCUT2D eigenvalue weighted by molar-refractivity contribution is 6.01. The van der Waals surface area contributed by atoms with Crippen LogP contribution in [0.4, 0.5) is 0 Å². The second-order valence-corrected chi connectivity index (χ2v) is 3.89. The van der Waals surface area contributed by atoms with Crippen molar-refractivity contribution in [3.05, 3.63) is 35.4 Å². The second-order valence-electron chi connectivity index (χ2n) is 3.89. The smallest absolute Gasteiger partial charge is 0.262 e. The van der Waals surface area contributed by atoms with Crippen LogP contribution in [0.3, 0.4) is 0 Å². The van der Waals surface area contributed by atoms with Gasteiger partial charge in [0.05, 0.1) is 0 Å². The van der Waals surface area contributed by atoms with Gasteiger partial charge >= 0.3 is 0 Å². The number of phenolic OH excluding ortho intramolecular Hbond substituents is 1. The van der Waals surface area contributed by atoms with Crippen LogP contribution in [-0.4, -0.2) is 17.1 Å². The van der Waals surface area contributed by atoms with Gasteiger partial charge in [0.15, 0.2) is 0 Å². The molecule has 4 nitrogen and oxygen atoms in total. The molecule has 0 aliphatic carbocycles. The Bertz CT molecular complexity index is 467. The number of benzene rings is 1. The molecule has 1 aromatic rings. The Morgan fingerprint density at radius 2 is 2.00 bits per heavy atom. The van der Waals surface area contributed by atoms with Crippen LogP contribution in [0.1, 0.15) is 19.4 Å². The predicted octanol–water partition coefficient (Wildman–Crippen LogP) is 1.82. The number of nitrogens with zero attached hydrogens (tertiary/aromatic N) is 1. The zero-order chi connectivity index (χ0) is 12.8. The number of phenols is 1. The van der Waals surface area contributed by atoms with Gasteiger partial charge in [0, 0.05) is 6.04 Å². The lowest BCUT2D eigenvalue weighted by atomic mass is 10.1. The van der Waals surface area contributed by atoms with Crippen LogP contribution >= 0.6 is 0 Å². The van der Waals surface area contributed by atoms with E-state index < -0.39 is 5.91 Å². The lowest BCUT2D eigenvalue weighted by Crippen LogP contribution is -2.30. The highest BCUT2D eigenvalue weighted by atomic mass is 16.3. The van der Waals surface area contributed by atoms with Crippen molar-refractivity contribution < 1.29 is 9.90 Å². The van der Waals surface area contributed by atoms with Crippen LogP contribution in [0.2, 0.25) is 0 Å². The fourth-order valence-corrected chi connectivity index (χ4v) is 1.23. The molecule has 1 rings (SSSR count). The molecule has 0 bridgehead atoms. The summed E-state index contributed by atoms with van der Waals surface area (Å²) in [6, 6.07) is 8.11. The Hall–Kier alpha value is -2.28. The minimum absolute atomic E-state index is 0.0148. The standard InChI is InChI=1S/C13H14N2O2/c1-9(2)15-13(17)11(8-14)7-10-3-5-12(16)6-4-10/h3-7,9,16H,1-2H3,(H,15,17). The normalized spacial score (nSPS) is 11.1. The molecule has 1 amide bonds. The molecule has 0 aliphatic rings. The van der Waals surface area contributed by atoms with Gasteiger partial charge in [0.2, 0.25) is 0 Å². The zero-order valence-electron chi connectivity index (χ0n) is 9.77. The van der Waals surface area contributed by atoms with Gasteiger partial charge in [0.1, 0.15) is 17.4 Å². The van der Waals surface area contributed by atoms with E-state index in [0.29, 0.717) is 5.56 Å². The topological polar surface area (TPSA) is 73.1 Å². The highest BCUT2D eigenvalue weighted by Gasteiger charge is 2.09. The Labute approximate surface area is 100 Å². The molecular weight excluding hydrogens is 216 g/mol. The molecule has 0 spiro atoms. The van der Waals surface area contributed by atoms with Crippen LogP contribution in [0, 0.1) is 11.3 Å². The van der Waals surface area contributed by atoms with Crippen LogP contribution in [0.25, 0.3) is 6.08 Å². The zero-order valence-corrected chi connectivity index (χ0v) is 9.77. The van der Waals surface area contributed by atoms with E-state index in [1.807, 2.05) is 19.9 Å². The number of nitriles is 1. The molecule has 2 N–H and O–H groups in total. The van der Waals surface area contributed by atoms with E-state index in [4.69, 9.17) is 10.4 Å². The number of carbonyl (C=O) groups is 1. The molecule has 0 saturated carbocycles. The quantitative estimate of drug-likeness (QED) is 0.614. The molecule has 1 aromatic carbocycles. The first-order chi connectivity index (χ1) is 8.02. The number of hydrogen-bond donors (Lipinski definition) is 2. The highest BCUT2D eigenvalue weighted by Crippen LogP contribution is 2.12. The van der Waals surface area contributed by atoms with E-state index in [1.165, 1.54) is 18.2 Å². The van der Waals surface area contributed by atoms with E-state index in [9.17, 15) is 4.79 Å². The molecule has 0 aromatic heterocycles. The van der Waals surface area contributed by atoms with Crippen molar-refractivity contribution in [1.29, 1.82) is 5.26 Å². The molecule has 0 heterocycles. The summed E-state index contributed by atoms with van der Waals surface area (Å²) in [6.07, 6.45) is 1.48. The minimum atomic E-state index is -0.393. The van der Waals surface area contributed by atoms with Gasteiger partial charge in [-0.15, -0.1) is 0 Å². The molecule has 88 valence electrons. The fraction of sp³-hybridized carbons (Fsp3) is 0.231. The largest absolute Gasteiger partial charge is 0.508 e. The molecule has 0 fully saturated rings. The average molecular weight is 230 g/mol. The molecule has 0 unspecified atom stereocenters. The number of hydrogen-bond acceptors (Lipinski definition) is 3. The summed E-state index contributed by atoms with van der Waals surface area (Å²) in [5, 5.41) is 20.7. The second kappa shape index (κ2) is 5.71. The fourth-order valence-electron chi connectivity index (χ4n) is 1.23. The van der Waals surface area contributed by atoms with Crippen LogP contribution in [0.5, 0.6) is 5.75 Å². The Balaban J connectivity index is 2.91. The first kappa shape index (κ1) is 12.8. The third-order valence-corrected chi connectivity index (χ3v) is 1.99. The van der Waals surface area contributed by atoms with Crippen LogP contribution in [-0.2, 0) is 4.79 Å². The third-order valence-electron chi connectivity index (χ3n) is 1.99. The predicted molar refractivity (Wildman–Crippen MR) is 65.0 cm³/mol. The maximum absolute atomic E-state index is 11.6. The molecule has 0 radical (unpaired) electrons. The number of rotatable bonds is 3. The first-order valence-corrected chi connectivity index (χ1v) is 5.24. The van der Waals surface area contributed by atoms with Crippen molar-refractivity contribution in [3.8, 4) is 11.8 Å². The van der Waals surface area contributed by atoms with Gasteiger partial charge in [-0.25, -0.2) is 0 Å². The van der Waals surface area contributed by atoms with Gasteiger partial charge < -0.3 is 10.4 Å². The first-order valence-electron chi connectivity index (χ1n) is 5.24. The molecule has 0 aliphatic heterocycles. The van der Waals surface area contributed by atoms with Crippen LogP contribution < -0.4 is 5.32 Å². The summed E-state index contributed by atoms with van der Waals surface area (Å²) in [5.74, 6) is -0.247. The van der Waals surface area contributed by atoms with E-state index in [1.54, 1.807) is 12.1 Å². The summed E-state index contributed by atoms with van der Waals surface area (Å²) >= 11 is 0. The number of amides is 1. The van der Waals surface area contributed by atoms with Gasteiger partial charge in [-0.3, -0.25) is 4.79 Å². The lowest BCUT2D eigenvalue weighted by molar-refractivity contribution is -0.117. The molecule has 17 heavy (non-hydrogen) atoms. The maximum Gasteiger partial charge on any atom is 0.262 e. The number of aromatic hydroxyl groups is 1. The van der Waals surface area contributed by atoms with Crippen LogP contribution in [0.15, 0.2) is 29.8 Å². The number of nitrogens with one attached hydrogen (secondary N) is 1. The molecule has 4 heteroatoms. The molecule has 0 atom stereocenters. The third kappa shape index (κ3) is 3.99. The lowest BCUT2D eigenvalue weighted by Gasteiger charge is -2.06. The SMILES string of the molecule is CC(C)NC(=O)C(C#N)=Cc1ccc(O)cc1. The van der Waals surface area contributed by atoms with Crippen molar-refractivity contribution in [2.24, 2.45) is 0 Å². The maximum atomic E-state index is 11.6. The number of carbonyl (C=O) groups excluding carboxylic acids is 1. The van der Waals surface area contributed by atoms with E-state index in [2.05, 4.69) is 5.32 Å². The summed E-state index contributed by atoms with van der Waals surface area (Å²) < 4.78 is 0. The Morgan fingerprint density at radius 1 is 1.41 bits per heavy atom. The molecular formula is C13H14N2O2. The van der Waals surface area contributed by atoms with Crippen molar-refractivity contribution in [1.82, 2.24) is 5.32 Å². The van der Waals surface area contributed by atoms with Gasteiger partial charge in [-0.1, -0.05) is 12.1 Å². The summed E-state index contributed by atoms with van der Waals surface area (Å²) in [4.78, 5) is 11.6.